The Balaban J connectivity index is 1.58. The molecular formula is C20H23Cl2NO3. The second-order valence-electron chi connectivity index (χ2n) is 6.41. The highest BCUT2D eigenvalue weighted by atomic mass is 35.5. The monoisotopic (exact) mass is 395 g/mol. The first-order valence-electron chi connectivity index (χ1n) is 8.72. The van der Waals surface area contributed by atoms with Crippen molar-refractivity contribution < 1.29 is 14.3 Å². The van der Waals surface area contributed by atoms with Crippen molar-refractivity contribution in [3.63, 3.8) is 0 Å². The summed E-state index contributed by atoms with van der Waals surface area (Å²) in [5.74, 6) is 1.78. The molecule has 6 heteroatoms. The molecule has 1 heterocycles. The van der Waals surface area contributed by atoms with Gasteiger partial charge >= 0.3 is 0 Å². The van der Waals surface area contributed by atoms with Crippen LogP contribution >= 0.6 is 23.2 Å². The number of benzene rings is 2. The first kappa shape index (κ1) is 19.3. The van der Waals surface area contributed by atoms with Gasteiger partial charge in [0.2, 0.25) is 0 Å². The van der Waals surface area contributed by atoms with Crippen LogP contribution < -0.4 is 9.47 Å². The van der Waals surface area contributed by atoms with Crippen molar-refractivity contribution in [3.05, 3.63) is 58.1 Å². The average Bonchev–Trinajstić information content (AvgIpc) is 2.87. The summed E-state index contributed by atoms with van der Waals surface area (Å²) in [5, 5.41) is 3.27. The molecule has 0 aliphatic carbocycles. The Morgan fingerprint density at radius 2 is 1.85 bits per heavy atom. The summed E-state index contributed by atoms with van der Waals surface area (Å²) in [4.78, 5) is 5.83. The zero-order valence-corrected chi connectivity index (χ0v) is 16.3. The van der Waals surface area contributed by atoms with E-state index in [9.17, 15) is 0 Å². The number of nitrogens with zero attached hydrogens (tertiary/aromatic N) is 1. The maximum Gasteiger partial charge on any atom is 0.164 e. The molecule has 3 rings (SSSR count). The number of methoxy groups -OCH3 is 1. The number of hydrogen-bond acceptors (Lipinski definition) is 4. The molecule has 1 fully saturated rings. The van der Waals surface area contributed by atoms with Crippen LogP contribution in [0.2, 0.25) is 10.0 Å². The summed E-state index contributed by atoms with van der Waals surface area (Å²) >= 11 is 12.0. The molecule has 2 aromatic carbocycles. The van der Waals surface area contributed by atoms with Crippen LogP contribution in [-0.4, -0.2) is 32.1 Å². The fourth-order valence-electron chi connectivity index (χ4n) is 3.11. The smallest absolute Gasteiger partial charge is 0.164 e. The third kappa shape index (κ3) is 5.52. The number of hydrogen-bond donors (Lipinski definition) is 0. The average molecular weight is 396 g/mol. The predicted molar refractivity (Wildman–Crippen MR) is 104 cm³/mol. The Morgan fingerprint density at radius 1 is 1.08 bits per heavy atom. The van der Waals surface area contributed by atoms with Gasteiger partial charge in [-0.3, -0.25) is 4.84 Å². The number of hydroxylamine groups is 2. The molecule has 1 aliphatic heterocycles. The van der Waals surface area contributed by atoms with E-state index >= 15 is 0 Å². The number of halogens is 2. The first-order valence-corrected chi connectivity index (χ1v) is 9.48. The standard InChI is InChI=1S/C20H23Cl2NO3/c1-24-20-12-18(22)8-9-19(20)25-14-23-13-16(3-2-10-26-23)11-15-4-6-17(21)7-5-15/h4-9,12,16H,2-3,10-11,13-14H2,1H3. The third-order valence-electron chi connectivity index (χ3n) is 4.42. The second-order valence-corrected chi connectivity index (χ2v) is 7.28. The van der Waals surface area contributed by atoms with Gasteiger partial charge in [0, 0.05) is 22.7 Å². The molecule has 140 valence electrons. The highest BCUT2D eigenvalue weighted by molar-refractivity contribution is 6.31. The third-order valence-corrected chi connectivity index (χ3v) is 4.91. The molecule has 2 aromatic rings. The van der Waals surface area contributed by atoms with E-state index in [2.05, 4.69) is 12.1 Å². The van der Waals surface area contributed by atoms with Crippen LogP contribution in [0.1, 0.15) is 18.4 Å². The summed E-state index contributed by atoms with van der Waals surface area (Å²) in [6, 6.07) is 13.4. The zero-order valence-electron chi connectivity index (χ0n) is 14.8. The van der Waals surface area contributed by atoms with Crippen molar-refractivity contribution >= 4 is 23.2 Å². The number of rotatable bonds is 6. The van der Waals surface area contributed by atoms with Crippen LogP contribution in [-0.2, 0) is 11.3 Å². The van der Waals surface area contributed by atoms with Gasteiger partial charge in [-0.2, -0.15) is 5.06 Å². The van der Waals surface area contributed by atoms with E-state index in [-0.39, 0.29) is 0 Å². The fraction of sp³-hybridized carbons (Fsp3) is 0.400. The Labute approximate surface area is 164 Å². The largest absolute Gasteiger partial charge is 0.493 e. The summed E-state index contributed by atoms with van der Waals surface area (Å²) in [6.45, 7) is 1.87. The molecule has 1 aliphatic rings. The Hall–Kier alpha value is -1.46. The van der Waals surface area contributed by atoms with Crippen molar-refractivity contribution in [2.45, 2.75) is 19.3 Å². The Bertz CT molecular complexity index is 709. The van der Waals surface area contributed by atoms with E-state index in [1.165, 1.54) is 5.56 Å². The van der Waals surface area contributed by atoms with E-state index in [1.54, 1.807) is 19.2 Å². The van der Waals surface area contributed by atoms with Crippen LogP contribution in [0, 0.1) is 5.92 Å². The van der Waals surface area contributed by atoms with E-state index < -0.39 is 0 Å². The molecule has 0 bridgehead atoms. The molecule has 0 saturated carbocycles. The maximum atomic E-state index is 5.99. The van der Waals surface area contributed by atoms with Crippen LogP contribution in [0.4, 0.5) is 0 Å². The van der Waals surface area contributed by atoms with Gasteiger partial charge < -0.3 is 9.47 Å². The second kappa shape index (κ2) is 9.47. The normalized spacial score (nSPS) is 18.3. The van der Waals surface area contributed by atoms with Gasteiger partial charge in [0.05, 0.1) is 13.7 Å². The van der Waals surface area contributed by atoms with E-state index in [1.807, 2.05) is 23.3 Å². The summed E-state index contributed by atoms with van der Waals surface area (Å²) in [7, 11) is 1.60. The van der Waals surface area contributed by atoms with Crippen molar-refractivity contribution in [1.29, 1.82) is 0 Å². The van der Waals surface area contributed by atoms with Gasteiger partial charge in [0.15, 0.2) is 18.2 Å². The minimum absolute atomic E-state index is 0.342. The van der Waals surface area contributed by atoms with Crippen molar-refractivity contribution in [2.75, 3.05) is 27.0 Å². The van der Waals surface area contributed by atoms with E-state index in [4.69, 9.17) is 37.5 Å². The summed E-state index contributed by atoms with van der Waals surface area (Å²) in [5.41, 5.74) is 1.29. The lowest BCUT2D eigenvalue weighted by Gasteiger charge is -2.23. The van der Waals surface area contributed by atoms with Crippen LogP contribution in [0.3, 0.4) is 0 Å². The molecule has 0 radical (unpaired) electrons. The van der Waals surface area contributed by atoms with Crippen molar-refractivity contribution in [3.8, 4) is 11.5 Å². The fourth-order valence-corrected chi connectivity index (χ4v) is 3.40. The lowest BCUT2D eigenvalue weighted by atomic mass is 9.95. The molecule has 1 saturated heterocycles. The van der Waals surface area contributed by atoms with Crippen LogP contribution in [0.25, 0.3) is 0 Å². The SMILES string of the molecule is COc1cc(Cl)ccc1OCN1CC(Cc2ccc(Cl)cc2)CCCO1. The molecule has 0 N–H and O–H groups in total. The molecule has 0 amide bonds. The summed E-state index contributed by atoms with van der Waals surface area (Å²) < 4.78 is 11.2. The molecule has 26 heavy (non-hydrogen) atoms. The number of ether oxygens (including phenoxy) is 2. The quantitative estimate of drug-likeness (QED) is 0.670. The van der Waals surface area contributed by atoms with Gasteiger partial charge in [-0.15, -0.1) is 0 Å². The van der Waals surface area contributed by atoms with Crippen molar-refractivity contribution in [2.24, 2.45) is 5.92 Å². The van der Waals surface area contributed by atoms with Crippen LogP contribution in [0.5, 0.6) is 11.5 Å². The molecule has 0 spiro atoms. The van der Waals surface area contributed by atoms with Crippen LogP contribution in [0.15, 0.2) is 42.5 Å². The first-order chi connectivity index (χ1) is 12.6. The Kier molecular flexibility index (Phi) is 7.03. The van der Waals surface area contributed by atoms with Gasteiger partial charge in [-0.05, 0) is 55.0 Å². The minimum atomic E-state index is 0.342. The maximum absolute atomic E-state index is 5.99. The molecule has 1 unspecified atom stereocenters. The molecule has 0 aromatic heterocycles. The molecule has 1 atom stereocenters. The predicted octanol–water partition coefficient (Wildman–Crippen LogP) is 5.22. The Morgan fingerprint density at radius 3 is 2.62 bits per heavy atom. The van der Waals surface area contributed by atoms with Gasteiger partial charge in [0.1, 0.15) is 0 Å². The van der Waals surface area contributed by atoms with Crippen molar-refractivity contribution in [1.82, 2.24) is 5.06 Å². The van der Waals surface area contributed by atoms with Gasteiger partial charge in [-0.1, -0.05) is 35.3 Å². The molecule has 4 nitrogen and oxygen atoms in total. The van der Waals surface area contributed by atoms with Gasteiger partial charge in [-0.25, -0.2) is 0 Å². The summed E-state index contributed by atoms with van der Waals surface area (Å²) in [6.07, 6.45) is 3.17. The van der Waals surface area contributed by atoms with E-state index in [0.29, 0.717) is 35.8 Å². The highest BCUT2D eigenvalue weighted by Gasteiger charge is 2.20. The topological polar surface area (TPSA) is 30.9 Å². The minimum Gasteiger partial charge on any atom is -0.493 e. The van der Waals surface area contributed by atoms with Gasteiger partial charge in [0.25, 0.3) is 0 Å². The lowest BCUT2D eigenvalue weighted by Crippen LogP contribution is -2.32. The molecular weight excluding hydrogens is 373 g/mol. The highest BCUT2D eigenvalue weighted by Crippen LogP contribution is 2.30. The van der Waals surface area contributed by atoms with E-state index in [0.717, 1.165) is 30.8 Å². The zero-order chi connectivity index (χ0) is 18.4. The lowest BCUT2D eigenvalue weighted by molar-refractivity contribution is -0.187.